The fourth-order valence-corrected chi connectivity index (χ4v) is 2.37. The Morgan fingerprint density at radius 2 is 1.85 bits per heavy atom. The first kappa shape index (κ1) is 16.4. The highest BCUT2D eigenvalue weighted by Crippen LogP contribution is 2.24. The fourth-order valence-electron chi connectivity index (χ4n) is 2.37. The minimum atomic E-state index is -1.12. The quantitative estimate of drug-likeness (QED) is 0.569. The molecular weight excluding hydrogens is 264 g/mol. The highest BCUT2D eigenvalue weighted by molar-refractivity contribution is 5.81. The Hall–Kier alpha value is -1.63. The van der Waals surface area contributed by atoms with Crippen molar-refractivity contribution in [2.24, 2.45) is 11.8 Å². The van der Waals surface area contributed by atoms with Crippen LogP contribution in [0.4, 0.5) is 0 Å². The van der Waals surface area contributed by atoms with Crippen molar-refractivity contribution in [1.29, 1.82) is 0 Å². The summed E-state index contributed by atoms with van der Waals surface area (Å²) < 4.78 is 0. The highest BCUT2D eigenvalue weighted by atomic mass is 16.4. The first-order valence-electron chi connectivity index (χ1n) is 6.90. The van der Waals surface area contributed by atoms with Crippen LogP contribution in [0.5, 0.6) is 0 Å². The summed E-state index contributed by atoms with van der Waals surface area (Å²) in [5, 5.41) is 20.9. The van der Waals surface area contributed by atoms with Gasteiger partial charge in [-0.05, 0) is 19.4 Å². The van der Waals surface area contributed by atoms with Gasteiger partial charge >= 0.3 is 11.9 Å². The number of aliphatic carboxylic acids is 2. The topological polar surface area (TPSA) is 107 Å². The molecule has 2 atom stereocenters. The van der Waals surface area contributed by atoms with Crippen molar-refractivity contribution >= 4 is 17.8 Å². The molecule has 0 aromatic heterocycles. The Balaban J connectivity index is 2.48. The molecule has 20 heavy (non-hydrogen) atoms. The lowest BCUT2D eigenvalue weighted by atomic mass is 9.85. The number of hydrogen-bond acceptors (Lipinski definition) is 4. The summed E-state index contributed by atoms with van der Waals surface area (Å²) in [5.41, 5.74) is 0. The van der Waals surface area contributed by atoms with Gasteiger partial charge in [0.15, 0.2) is 0 Å². The molecule has 1 aliphatic heterocycles. The standard InChI is InChI=1S/C13H22N2O5/c1-2-3-5-14-11(16)8-15-6-4-9(12(17)18)10(7-15)13(19)20/h9-10H,2-8H2,1H3,(H,14,16)(H,17,18)(H,19,20). The Bertz CT molecular complexity index is 372. The molecule has 0 spiro atoms. The molecule has 7 nitrogen and oxygen atoms in total. The number of piperidine rings is 1. The summed E-state index contributed by atoms with van der Waals surface area (Å²) in [7, 11) is 0. The van der Waals surface area contributed by atoms with Crippen molar-refractivity contribution in [3.8, 4) is 0 Å². The molecule has 0 aliphatic carbocycles. The van der Waals surface area contributed by atoms with E-state index in [4.69, 9.17) is 10.2 Å². The second-order valence-corrected chi connectivity index (χ2v) is 5.12. The Labute approximate surface area is 117 Å². The number of unbranched alkanes of at least 4 members (excludes halogenated alkanes) is 1. The Morgan fingerprint density at radius 1 is 1.20 bits per heavy atom. The summed E-state index contributed by atoms with van der Waals surface area (Å²) in [5.74, 6) is -4.16. The average molecular weight is 286 g/mol. The maximum atomic E-state index is 11.7. The third kappa shape index (κ3) is 4.80. The molecule has 0 aromatic carbocycles. The summed E-state index contributed by atoms with van der Waals surface area (Å²) in [4.78, 5) is 35.5. The van der Waals surface area contributed by atoms with E-state index in [1.165, 1.54) is 0 Å². The van der Waals surface area contributed by atoms with Gasteiger partial charge in [-0.25, -0.2) is 0 Å². The van der Waals surface area contributed by atoms with Crippen molar-refractivity contribution in [2.75, 3.05) is 26.2 Å². The zero-order chi connectivity index (χ0) is 15.1. The van der Waals surface area contributed by atoms with Gasteiger partial charge in [-0.3, -0.25) is 19.3 Å². The molecule has 0 saturated carbocycles. The lowest BCUT2D eigenvalue weighted by Gasteiger charge is -2.34. The van der Waals surface area contributed by atoms with Crippen LogP contribution in [0, 0.1) is 11.8 Å². The minimum Gasteiger partial charge on any atom is -0.481 e. The van der Waals surface area contributed by atoms with Crippen LogP contribution in [-0.2, 0) is 14.4 Å². The van der Waals surface area contributed by atoms with Gasteiger partial charge in [0.05, 0.1) is 18.4 Å². The highest BCUT2D eigenvalue weighted by Gasteiger charge is 2.38. The van der Waals surface area contributed by atoms with Crippen molar-refractivity contribution < 1.29 is 24.6 Å². The van der Waals surface area contributed by atoms with E-state index in [2.05, 4.69) is 5.32 Å². The molecule has 114 valence electrons. The van der Waals surface area contributed by atoms with Crippen LogP contribution in [0.25, 0.3) is 0 Å². The zero-order valence-corrected chi connectivity index (χ0v) is 11.7. The number of carbonyl (C=O) groups excluding carboxylic acids is 1. The first-order chi connectivity index (χ1) is 9.45. The van der Waals surface area contributed by atoms with E-state index in [0.29, 0.717) is 13.1 Å². The second kappa shape index (κ2) is 7.84. The molecule has 1 aliphatic rings. The number of likely N-dealkylation sites (tertiary alicyclic amines) is 1. The maximum absolute atomic E-state index is 11.7. The van der Waals surface area contributed by atoms with E-state index < -0.39 is 23.8 Å². The molecule has 1 saturated heterocycles. The van der Waals surface area contributed by atoms with Gasteiger partial charge in [0.2, 0.25) is 5.91 Å². The van der Waals surface area contributed by atoms with Gasteiger partial charge in [0.25, 0.3) is 0 Å². The van der Waals surface area contributed by atoms with Crippen LogP contribution < -0.4 is 5.32 Å². The van der Waals surface area contributed by atoms with E-state index >= 15 is 0 Å². The van der Waals surface area contributed by atoms with Crippen LogP contribution in [0.15, 0.2) is 0 Å². The van der Waals surface area contributed by atoms with Crippen LogP contribution >= 0.6 is 0 Å². The summed E-state index contributed by atoms with van der Waals surface area (Å²) in [6, 6.07) is 0. The number of carboxylic acid groups (broad SMARTS) is 2. The summed E-state index contributed by atoms with van der Waals surface area (Å²) in [6.07, 6.45) is 2.16. The lowest BCUT2D eigenvalue weighted by molar-refractivity contribution is -0.157. The van der Waals surface area contributed by atoms with E-state index in [-0.39, 0.29) is 25.4 Å². The minimum absolute atomic E-state index is 0.105. The van der Waals surface area contributed by atoms with E-state index in [0.717, 1.165) is 12.8 Å². The predicted octanol–water partition coefficient (Wildman–Crippen LogP) is 0.0100. The average Bonchev–Trinajstić information content (AvgIpc) is 2.38. The monoisotopic (exact) mass is 286 g/mol. The number of nitrogens with zero attached hydrogens (tertiary/aromatic N) is 1. The van der Waals surface area contributed by atoms with E-state index in [1.807, 2.05) is 6.92 Å². The van der Waals surface area contributed by atoms with Gasteiger partial charge in [0, 0.05) is 13.1 Å². The Kier molecular flexibility index (Phi) is 6.44. The normalized spacial score (nSPS) is 23.2. The molecule has 1 amide bonds. The molecule has 1 rings (SSSR count). The van der Waals surface area contributed by atoms with Crippen LogP contribution in [0.3, 0.4) is 0 Å². The van der Waals surface area contributed by atoms with Crippen molar-refractivity contribution in [1.82, 2.24) is 10.2 Å². The van der Waals surface area contributed by atoms with Gasteiger partial charge in [-0.15, -0.1) is 0 Å². The molecule has 2 unspecified atom stereocenters. The van der Waals surface area contributed by atoms with Crippen LogP contribution in [0.1, 0.15) is 26.2 Å². The second-order valence-electron chi connectivity index (χ2n) is 5.12. The zero-order valence-electron chi connectivity index (χ0n) is 11.7. The SMILES string of the molecule is CCCCNC(=O)CN1CCC(C(=O)O)C(C(=O)O)C1. The molecule has 0 bridgehead atoms. The third-order valence-electron chi connectivity index (χ3n) is 3.55. The Morgan fingerprint density at radius 3 is 2.40 bits per heavy atom. The van der Waals surface area contributed by atoms with Gasteiger partial charge in [-0.2, -0.15) is 0 Å². The van der Waals surface area contributed by atoms with Gasteiger partial charge < -0.3 is 15.5 Å². The summed E-state index contributed by atoms with van der Waals surface area (Å²) >= 11 is 0. The lowest BCUT2D eigenvalue weighted by Crippen LogP contribution is -2.49. The molecule has 7 heteroatoms. The predicted molar refractivity (Wildman–Crippen MR) is 71.2 cm³/mol. The van der Waals surface area contributed by atoms with E-state index in [9.17, 15) is 14.4 Å². The van der Waals surface area contributed by atoms with Gasteiger partial charge in [-0.1, -0.05) is 13.3 Å². The molecular formula is C13H22N2O5. The number of rotatable bonds is 7. The first-order valence-corrected chi connectivity index (χ1v) is 6.90. The number of carboxylic acids is 2. The number of hydrogen-bond donors (Lipinski definition) is 3. The number of carbonyl (C=O) groups is 3. The fraction of sp³-hybridized carbons (Fsp3) is 0.769. The van der Waals surface area contributed by atoms with Gasteiger partial charge in [0.1, 0.15) is 0 Å². The van der Waals surface area contributed by atoms with E-state index in [1.54, 1.807) is 4.90 Å². The molecule has 0 radical (unpaired) electrons. The molecule has 0 aromatic rings. The molecule has 3 N–H and O–H groups in total. The van der Waals surface area contributed by atoms with Crippen LogP contribution in [-0.4, -0.2) is 59.1 Å². The summed E-state index contributed by atoms with van der Waals surface area (Å²) in [6.45, 7) is 3.30. The third-order valence-corrected chi connectivity index (χ3v) is 3.55. The van der Waals surface area contributed by atoms with Crippen molar-refractivity contribution in [3.05, 3.63) is 0 Å². The number of amides is 1. The van der Waals surface area contributed by atoms with Crippen molar-refractivity contribution in [3.63, 3.8) is 0 Å². The van der Waals surface area contributed by atoms with Crippen LogP contribution in [0.2, 0.25) is 0 Å². The smallest absolute Gasteiger partial charge is 0.308 e. The number of nitrogens with one attached hydrogen (secondary N) is 1. The largest absolute Gasteiger partial charge is 0.481 e. The molecule has 1 heterocycles. The molecule has 1 fully saturated rings. The van der Waals surface area contributed by atoms with Crippen molar-refractivity contribution in [2.45, 2.75) is 26.2 Å². The maximum Gasteiger partial charge on any atom is 0.308 e.